The zero-order chi connectivity index (χ0) is 39.4. The van der Waals surface area contributed by atoms with E-state index >= 15 is 0 Å². The maximum absolute atomic E-state index is 13.1. The van der Waals surface area contributed by atoms with Crippen LogP contribution in [0.1, 0.15) is 54.7 Å². The molecule has 1 aliphatic rings. The highest BCUT2D eigenvalue weighted by Gasteiger charge is 2.39. The summed E-state index contributed by atoms with van der Waals surface area (Å²) in [6, 6.07) is 19.1. The van der Waals surface area contributed by atoms with Crippen LogP contribution in [0, 0.1) is 11.8 Å². The summed E-state index contributed by atoms with van der Waals surface area (Å²) in [5, 5.41) is 36.2. The first kappa shape index (κ1) is 41.1. The molecule has 292 valence electrons. The van der Waals surface area contributed by atoms with Crippen molar-refractivity contribution in [2.24, 2.45) is 17.6 Å². The third-order valence-corrected chi connectivity index (χ3v) is 9.62. The van der Waals surface area contributed by atoms with Gasteiger partial charge in [-0.25, -0.2) is 0 Å². The van der Waals surface area contributed by atoms with E-state index in [0.717, 1.165) is 34.0 Å². The molecule has 5 rings (SSSR count). The molecule has 3 aromatic carbocycles. The van der Waals surface area contributed by atoms with Crippen molar-refractivity contribution in [2.45, 2.75) is 69.1 Å². The third-order valence-electron chi connectivity index (χ3n) is 9.62. The Labute approximate surface area is 317 Å². The number of aliphatic hydroxyl groups excluding tert-OH is 3. The molecule has 1 aliphatic carbocycles. The van der Waals surface area contributed by atoms with E-state index < -0.39 is 41.9 Å². The lowest BCUT2D eigenvalue weighted by molar-refractivity contribution is -0.145. The number of rotatable bonds is 17. The fraction of sp³-hybridized carbons (Fsp3) is 0.357. The summed E-state index contributed by atoms with van der Waals surface area (Å²) in [5.41, 5.74) is 7.29. The van der Waals surface area contributed by atoms with Crippen LogP contribution in [-0.2, 0) is 27.1 Å². The van der Waals surface area contributed by atoms with Crippen molar-refractivity contribution in [2.75, 3.05) is 18.5 Å². The zero-order valence-corrected chi connectivity index (χ0v) is 30.1. The summed E-state index contributed by atoms with van der Waals surface area (Å²) >= 11 is 0. The molecule has 0 spiro atoms. The van der Waals surface area contributed by atoms with Gasteiger partial charge in [-0.05, 0) is 78.1 Å². The first-order valence-corrected chi connectivity index (χ1v) is 18.2. The van der Waals surface area contributed by atoms with Crippen LogP contribution >= 0.6 is 0 Å². The number of aromatic nitrogens is 1. The minimum Gasteiger partial charge on any atom is -0.491 e. The van der Waals surface area contributed by atoms with Crippen molar-refractivity contribution < 1.29 is 47.6 Å². The minimum absolute atomic E-state index is 0.0300. The van der Waals surface area contributed by atoms with Gasteiger partial charge in [0.25, 0.3) is 0 Å². The quantitative estimate of drug-likeness (QED) is 0.0462. The molecule has 6 N–H and O–H groups in total. The molecule has 1 fully saturated rings. The number of nitrogens with two attached hydrogens (primary N) is 1. The van der Waals surface area contributed by atoms with Crippen molar-refractivity contribution >= 4 is 28.3 Å². The number of ether oxygens (including phenoxy) is 2. The number of carbonyl (C=O) groups is 2. The number of nitrogens with one attached hydrogen (secondary N) is 1. The number of pyridine rings is 1. The molecule has 1 amide bonds. The maximum Gasteiger partial charge on any atom is 0.416 e. The number of alkyl halides is 3. The number of aliphatic hydroxyl groups is 3. The largest absolute Gasteiger partial charge is 0.491 e. The predicted octanol–water partition coefficient (Wildman–Crippen LogP) is 6.45. The van der Waals surface area contributed by atoms with Crippen LogP contribution in [0.5, 0.6) is 5.75 Å². The van der Waals surface area contributed by atoms with E-state index in [2.05, 4.69) is 10.3 Å². The second-order valence-electron chi connectivity index (χ2n) is 13.6. The van der Waals surface area contributed by atoms with Crippen molar-refractivity contribution in [3.05, 3.63) is 126 Å². The molecule has 1 aromatic heterocycles. The highest BCUT2D eigenvalue weighted by Crippen LogP contribution is 2.36. The Bertz CT molecular complexity index is 1940. The van der Waals surface area contributed by atoms with Crippen LogP contribution in [0.15, 0.2) is 109 Å². The first-order valence-electron chi connectivity index (χ1n) is 18.2. The highest BCUT2D eigenvalue weighted by atomic mass is 19.4. The van der Waals surface area contributed by atoms with Gasteiger partial charge in [0.1, 0.15) is 25.1 Å². The number of allylic oxidation sites excluding steroid dienone is 2. The van der Waals surface area contributed by atoms with Gasteiger partial charge in [-0.15, -0.1) is 0 Å². The summed E-state index contributed by atoms with van der Waals surface area (Å²) in [6.45, 7) is -0.0853. The number of esters is 1. The van der Waals surface area contributed by atoms with Gasteiger partial charge in [-0.3, -0.25) is 14.6 Å². The fourth-order valence-corrected chi connectivity index (χ4v) is 6.56. The first-order chi connectivity index (χ1) is 26.4. The van der Waals surface area contributed by atoms with Gasteiger partial charge >= 0.3 is 12.1 Å². The van der Waals surface area contributed by atoms with Crippen LogP contribution in [0.25, 0.3) is 10.8 Å². The van der Waals surface area contributed by atoms with E-state index in [-0.39, 0.29) is 56.1 Å². The predicted molar refractivity (Wildman–Crippen MR) is 202 cm³/mol. The molecular weight excluding hydrogens is 715 g/mol. The average Bonchev–Trinajstić information content (AvgIpc) is 3.44. The fourth-order valence-electron chi connectivity index (χ4n) is 6.56. The number of hydrogen-bond acceptors (Lipinski definition) is 9. The molecule has 6 atom stereocenters. The number of carbonyl (C=O) groups excluding carboxylic acids is 2. The number of amides is 1. The minimum atomic E-state index is -4.51. The number of nitrogens with zero attached hydrogens (tertiary/aromatic N) is 1. The summed E-state index contributed by atoms with van der Waals surface area (Å²) in [4.78, 5) is 29.6. The van der Waals surface area contributed by atoms with Crippen LogP contribution < -0.4 is 15.8 Å². The monoisotopic (exact) mass is 761 g/mol. The summed E-state index contributed by atoms with van der Waals surface area (Å²) in [6.07, 6.45) is 5.02. The van der Waals surface area contributed by atoms with E-state index in [4.69, 9.17) is 15.2 Å². The highest BCUT2D eigenvalue weighted by molar-refractivity contribution is 5.98. The Kier molecular flexibility index (Phi) is 14.6. The molecule has 0 aliphatic heterocycles. The summed E-state index contributed by atoms with van der Waals surface area (Å²) < 4.78 is 49.6. The molecule has 0 saturated heterocycles. The molecule has 13 heteroatoms. The molecular formula is C42H46F3N3O7. The van der Waals surface area contributed by atoms with Crippen LogP contribution in [0.2, 0.25) is 0 Å². The average molecular weight is 762 g/mol. The normalized spacial score (nSPS) is 19.8. The molecule has 10 nitrogen and oxygen atoms in total. The third kappa shape index (κ3) is 12.0. The smallest absolute Gasteiger partial charge is 0.416 e. The molecule has 1 saturated carbocycles. The van der Waals surface area contributed by atoms with Crippen molar-refractivity contribution in [1.29, 1.82) is 0 Å². The van der Waals surface area contributed by atoms with E-state index in [0.29, 0.717) is 24.9 Å². The molecule has 4 aromatic rings. The lowest BCUT2D eigenvalue weighted by Crippen LogP contribution is -2.27. The molecule has 55 heavy (non-hydrogen) atoms. The summed E-state index contributed by atoms with van der Waals surface area (Å²) in [5.74, 6) is -1.93. The van der Waals surface area contributed by atoms with Crippen molar-refractivity contribution in [3.8, 4) is 5.75 Å². The second kappa shape index (κ2) is 19.5. The van der Waals surface area contributed by atoms with Crippen LogP contribution in [-0.4, -0.2) is 63.6 Å². The van der Waals surface area contributed by atoms with Crippen molar-refractivity contribution in [1.82, 2.24) is 4.98 Å². The van der Waals surface area contributed by atoms with E-state index in [1.54, 1.807) is 42.7 Å². The van der Waals surface area contributed by atoms with E-state index in [9.17, 15) is 38.1 Å². The van der Waals surface area contributed by atoms with Gasteiger partial charge in [0.05, 0.1) is 23.7 Å². The lowest BCUT2D eigenvalue weighted by atomic mass is 9.89. The molecule has 0 bridgehead atoms. The Morgan fingerprint density at radius 3 is 2.56 bits per heavy atom. The maximum atomic E-state index is 13.1. The molecule has 1 heterocycles. The van der Waals surface area contributed by atoms with Gasteiger partial charge < -0.3 is 35.8 Å². The van der Waals surface area contributed by atoms with Crippen molar-refractivity contribution in [3.63, 3.8) is 0 Å². The number of hydrogen-bond donors (Lipinski definition) is 5. The number of halogens is 3. The Balaban J connectivity index is 1.00. The number of benzene rings is 3. The second-order valence-corrected chi connectivity index (χ2v) is 13.6. The van der Waals surface area contributed by atoms with Gasteiger partial charge in [0.2, 0.25) is 5.91 Å². The van der Waals surface area contributed by atoms with Gasteiger partial charge in [0, 0.05) is 48.8 Å². The Morgan fingerprint density at radius 1 is 1.00 bits per heavy atom. The van der Waals surface area contributed by atoms with Gasteiger partial charge in [-0.1, -0.05) is 60.7 Å². The standard InChI is InChI=1S/C42H46F3N3O7/c43-42(44,45)31-6-5-7-34(21-31)54-26-33(49)16-17-36-35(38(50)22-39(36)51)8-3-1-2-4-9-40(52)55-25-27-10-12-28(13-11-27)37(23-46)41(53)48-32-15-14-30-24-47-19-18-29(30)20-32/h1,3,5-7,10-21,24,33,35-39,49-51H,2,4,8-9,22-23,25-26,46H2,(H,48,53)/b3-1-,17-16+/t33?,35-,36-,37?,38+,39-/m1/s1. The van der Waals surface area contributed by atoms with E-state index in [1.165, 1.54) is 18.2 Å². The SMILES string of the molecule is NCC(C(=O)Nc1ccc2cnccc2c1)c1ccc(COC(=O)CCC/C=C\C[C@@H]2[C@@H](/C=C/C(O)COc3cccc(C(F)(F)F)c3)[C@H](O)C[C@@H]2O)cc1. The molecule has 0 radical (unpaired) electrons. The number of anilines is 1. The van der Waals surface area contributed by atoms with Crippen LogP contribution in [0.3, 0.4) is 0 Å². The van der Waals surface area contributed by atoms with Gasteiger partial charge in [0.15, 0.2) is 0 Å². The zero-order valence-electron chi connectivity index (χ0n) is 30.1. The van der Waals surface area contributed by atoms with E-state index in [1.807, 2.05) is 36.4 Å². The topological polar surface area (TPSA) is 164 Å². The number of unbranched alkanes of at least 4 members (excludes halogenated alkanes) is 1. The number of fused-ring (bicyclic) bond motifs is 1. The Morgan fingerprint density at radius 2 is 1.80 bits per heavy atom. The summed E-state index contributed by atoms with van der Waals surface area (Å²) in [7, 11) is 0. The van der Waals surface area contributed by atoms with Crippen LogP contribution in [0.4, 0.5) is 18.9 Å². The van der Waals surface area contributed by atoms with Gasteiger partial charge in [-0.2, -0.15) is 13.2 Å². The molecule has 2 unspecified atom stereocenters. The Hall–Kier alpha value is -5.08. The lowest BCUT2D eigenvalue weighted by Gasteiger charge is -2.19.